The smallest absolute Gasteiger partial charge is 0.339 e. The second-order valence-corrected chi connectivity index (χ2v) is 6.58. The van der Waals surface area contributed by atoms with E-state index in [0.29, 0.717) is 11.3 Å². The molecule has 0 saturated carbocycles. The van der Waals surface area contributed by atoms with Crippen molar-refractivity contribution in [3.05, 3.63) is 66.4 Å². The SMILES string of the molecule is CN(C)C(=O)CNC(=O)COC(=O)c1ccccc1-c1ncc(-c2ccccc2)o1. The second kappa shape index (κ2) is 9.51. The Morgan fingerprint density at radius 1 is 1.03 bits per heavy atom. The molecule has 8 nitrogen and oxygen atoms in total. The van der Waals surface area contributed by atoms with Crippen molar-refractivity contribution in [3.63, 3.8) is 0 Å². The number of hydrogen-bond donors (Lipinski definition) is 1. The second-order valence-electron chi connectivity index (χ2n) is 6.58. The van der Waals surface area contributed by atoms with Crippen molar-refractivity contribution < 1.29 is 23.5 Å². The molecule has 0 unspecified atom stereocenters. The summed E-state index contributed by atoms with van der Waals surface area (Å²) in [6.07, 6.45) is 1.59. The number of likely N-dealkylation sites (N-methyl/N-ethyl adjacent to an activating group) is 1. The highest BCUT2D eigenvalue weighted by Gasteiger charge is 2.19. The molecule has 1 N–H and O–H groups in total. The molecule has 1 heterocycles. The first-order chi connectivity index (χ1) is 14.5. The molecule has 0 spiro atoms. The van der Waals surface area contributed by atoms with Gasteiger partial charge in [0.1, 0.15) is 0 Å². The van der Waals surface area contributed by atoms with E-state index in [1.807, 2.05) is 30.3 Å². The lowest BCUT2D eigenvalue weighted by Gasteiger charge is -2.11. The lowest BCUT2D eigenvalue weighted by Crippen LogP contribution is -2.38. The molecule has 0 bridgehead atoms. The Kier molecular flexibility index (Phi) is 6.59. The van der Waals surface area contributed by atoms with E-state index in [1.165, 1.54) is 4.90 Å². The Hall–Kier alpha value is -3.94. The van der Waals surface area contributed by atoms with Gasteiger partial charge < -0.3 is 19.4 Å². The monoisotopic (exact) mass is 407 g/mol. The van der Waals surface area contributed by atoms with E-state index in [4.69, 9.17) is 9.15 Å². The lowest BCUT2D eigenvalue weighted by atomic mass is 10.1. The third-order valence-corrected chi connectivity index (χ3v) is 4.21. The number of nitrogens with one attached hydrogen (secondary N) is 1. The van der Waals surface area contributed by atoms with E-state index in [9.17, 15) is 14.4 Å². The van der Waals surface area contributed by atoms with Crippen LogP contribution in [0.5, 0.6) is 0 Å². The highest BCUT2D eigenvalue weighted by Crippen LogP contribution is 2.28. The first-order valence-corrected chi connectivity index (χ1v) is 9.20. The van der Waals surface area contributed by atoms with Crippen LogP contribution < -0.4 is 5.32 Å². The summed E-state index contributed by atoms with van der Waals surface area (Å²) in [5.41, 5.74) is 1.53. The standard InChI is InChI=1S/C22H21N3O5/c1-25(2)20(27)13-23-19(26)14-29-22(28)17-11-7-6-10-16(17)21-24-12-18(30-21)15-8-4-3-5-9-15/h3-12H,13-14H2,1-2H3,(H,23,26). The van der Waals surface area contributed by atoms with Crippen LogP contribution in [0.15, 0.2) is 65.2 Å². The molecule has 1 aromatic heterocycles. The van der Waals surface area contributed by atoms with Crippen LogP contribution in [-0.2, 0) is 14.3 Å². The highest BCUT2D eigenvalue weighted by atomic mass is 16.5. The third-order valence-electron chi connectivity index (χ3n) is 4.21. The molecular weight excluding hydrogens is 386 g/mol. The molecule has 2 aromatic carbocycles. The van der Waals surface area contributed by atoms with Crippen molar-refractivity contribution in [3.8, 4) is 22.8 Å². The summed E-state index contributed by atoms with van der Waals surface area (Å²) in [5.74, 6) is -0.697. The van der Waals surface area contributed by atoms with Crippen LogP contribution >= 0.6 is 0 Å². The summed E-state index contributed by atoms with van der Waals surface area (Å²) in [6, 6.07) is 16.1. The summed E-state index contributed by atoms with van der Waals surface area (Å²) in [4.78, 5) is 41.5. The summed E-state index contributed by atoms with van der Waals surface area (Å²) >= 11 is 0. The molecular formula is C22H21N3O5. The lowest BCUT2D eigenvalue weighted by molar-refractivity contribution is -0.131. The van der Waals surface area contributed by atoms with Crippen LogP contribution in [0.1, 0.15) is 10.4 Å². The number of nitrogens with zero attached hydrogens (tertiary/aromatic N) is 2. The molecule has 2 amide bonds. The van der Waals surface area contributed by atoms with E-state index in [-0.39, 0.29) is 23.9 Å². The van der Waals surface area contributed by atoms with E-state index >= 15 is 0 Å². The Morgan fingerprint density at radius 3 is 2.47 bits per heavy atom. The Bertz CT molecular complexity index is 1040. The van der Waals surface area contributed by atoms with E-state index in [0.717, 1.165) is 5.56 Å². The number of oxazole rings is 1. The van der Waals surface area contributed by atoms with Crippen molar-refractivity contribution >= 4 is 17.8 Å². The minimum absolute atomic E-state index is 0.168. The maximum atomic E-state index is 12.5. The van der Waals surface area contributed by atoms with Gasteiger partial charge in [0.15, 0.2) is 12.4 Å². The van der Waals surface area contributed by atoms with Crippen LogP contribution in [0.3, 0.4) is 0 Å². The van der Waals surface area contributed by atoms with Gasteiger partial charge in [0, 0.05) is 19.7 Å². The molecule has 3 rings (SSSR count). The van der Waals surface area contributed by atoms with Crippen LogP contribution in [0, 0.1) is 0 Å². The van der Waals surface area contributed by atoms with Gasteiger partial charge in [-0.2, -0.15) is 0 Å². The quantitative estimate of drug-likeness (QED) is 0.604. The fourth-order valence-corrected chi connectivity index (χ4v) is 2.57. The molecule has 3 aromatic rings. The van der Waals surface area contributed by atoms with Gasteiger partial charge in [0.25, 0.3) is 5.91 Å². The first-order valence-electron chi connectivity index (χ1n) is 9.20. The van der Waals surface area contributed by atoms with Crippen molar-refractivity contribution in [2.45, 2.75) is 0 Å². The Morgan fingerprint density at radius 2 is 1.73 bits per heavy atom. The molecule has 0 saturated heterocycles. The minimum Gasteiger partial charge on any atom is -0.452 e. The molecule has 0 aliphatic heterocycles. The fourth-order valence-electron chi connectivity index (χ4n) is 2.57. The minimum atomic E-state index is -0.695. The number of benzene rings is 2. The van der Waals surface area contributed by atoms with Gasteiger partial charge in [-0.05, 0) is 12.1 Å². The number of rotatable bonds is 7. The zero-order chi connectivity index (χ0) is 21.5. The normalized spacial score (nSPS) is 10.3. The van der Waals surface area contributed by atoms with Crippen LogP contribution in [-0.4, -0.2) is 54.9 Å². The van der Waals surface area contributed by atoms with Crippen molar-refractivity contribution in [1.82, 2.24) is 15.2 Å². The molecule has 8 heteroatoms. The molecule has 0 radical (unpaired) electrons. The zero-order valence-corrected chi connectivity index (χ0v) is 16.6. The number of carbonyl (C=O) groups is 3. The van der Waals surface area contributed by atoms with E-state index in [1.54, 1.807) is 44.6 Å². The predicted molar refractivity (Wildman–Crippen MR) is 109 cm³/mol. The number of hydrogen-bond acceptors (Lipinski definition) is 6. The number of esters is 1. The third kappa shape index (κ3) is 5.11. The Labute approximate surface area is 173 Å². The maximum absolute atomic E-state index is 12.5. The van der Waals surface area contributed by atoms with Gasteiger partial charge >= 0.3 is 5.97 Å². The number of ether oxygens (including phenoxy) is 1. The zero-order valence-electron chi connectivity index (χ0n) is 16.6. The molecule has 0 aliphatic carbocycles. The number of aromatic nitrogens is 1. The van der Waals surface area contributed by atoms with Gasteiger partial charge in [-0.15, -0.1) is 0 Å². The van der Waals surface area contributed by atoms with Gasteiger partial charge in [0.05, 0.1) is 23.9 Å². The Balaban J connectivity index is 1.68. The van der Waals surface area contributed by atoms with Crippen molar-refractivity contribution in [2.75, 3.05) is 27.2 Å². The summed E-state index contributed by atoms with van der Waals surface area (Å²) in [7, 11) is 3.16. The van der Waals surface area contributed by atoms with E-state index in [2.05, 4.69) is 10.3 Å². The van der Waals surface area contributed by atoms with Crippen molar-refractivity contribution in [2.24, 2.45) is 0 Å². The predicted octanol–water partition coefficient (Wildman–Crippen LogP) is 2.37. The summed E-state index contributed by atoms with van der Waals surface area (Å²) in [6.45, 7) is -0.673. The van der Waals surface area contributed by atoms with Gasteiger partial charge in [-0.25, -0.2) is 9.78 Å². The fraction of sp³-hybridized carbons (Fsp3) is 0.182. The molecule has 30 heavy (non-hydrogen) atoms. The largest absolute Gasteiger partial charge is 0.452 e. The van der Waals surface area contributed by atoms with Crippen LogP contribution in [0.25, 0.3) is 22.8 Å². The molecule has 0 atom stereocenters. The van der Waals surface area contributed by atoms with Crippen molar-refractivity contribution in [1.29, 1.82) is 0 Å². The van der Waals surface area contributed by atoms with E-state index < -0.39 is 18.5 Å². The summed E-state index contributed by atoms with van der Waals surface area (Å²) in [5, 5.41) is 2.40. The van der Waals surface area contributed by atoms with Gasteiger partial charge in [-0.1, -0.05) is 42.5 Å². The highest BCUT2D eigenvalue weighted by molar-refractivity contribution is 5.97. The van der Waals surface area contributed by atoms with Gasteiger partial charge in [0.2, 0.25) is 11.8 Å². The molecule has 0 fully saturated rings. The topological polar surface area (TPSA) is 102 Å². The maximum Gasteiger partial charge on any atom is 0.339 e. The number of amides is 2. The average molecular weight is 407 g/mol. The summed E-state index contributed by atoms with van der Waals surface area (Å²) < 4.78 is 10.9. The molecule has 154 valence electrons. The van der Waals surface area contributed by atoms with Gasteiger partial charge in [-0.3, -0.25) is 9.59 Å². The average Bonchev–Trinajstić information content (AvgIpc) is 3.26. The van der Waals surface area contributed by atoms with Crippen LogP contribution in [0.2, 0.25) is 0 Å². The molecule has 0 aliphatic rings. The van der Waals surface area contributed by atoms with Crippen LogP contribution in [0.4, 0.5) is 0 Å². The first kappa shape index (κ1) is 20.8. The number of carbonyl (C=O) groups excluding carboxylic acids is 3.